The lowest BCUT2D eigenvalue weighted by Crippen LogP contribution is -2.58. The van der Waals surface area contributed by atoms with Gasteiger partial charge in [0.25, 0.3) is 0 Å². The molecule has 5 nitrogen and oxygen atoms in total. The average molecular weight is 282 g/mol. The van der Waals surface area contributed by atoms with Crippen molar-refractivity contribution in [3.8, 4) is 0 Å². The minimum absolute atomic E-state index is 0.179. The van der Waals surface area contributed by atoms with Crippen molar-refractivity contribution in [2.45, 2.75) is 56.7 Å². The predicted octanol–water partition coefficient (Wildman–Crippen LogP) is 0.109. The highest BCUT2D eigenvalue weighted by Gasteiger charge is 2.42. The van der Waals surface area contributed by atoms with Gasteiger partial charge in [-0.25, -0.2) is 0 Å². The van der Waals surface area contributed by atoms with Crippen LogP contribution in [0.4, 0.5) is 0 Å². The summed E-state index contributed by atoms with van der Waals surface area (Å²) >= 11 is 0. The van der Waals surface area contributed by atoms with Crippen molar-refractivity contribution in [2.75, 3.05) is 19.7 Å². The summed E-state index contributed by atoms with van der Waals surface area (Å²) in [5.74, 6) is 0.864. The normalized spacial score (nSPS) is 42.9. The van der Waals surface area contributed by atoms with Crippen molar-refractivity contribution in [1.82, 2.24) is 10.2 Å². The molecule has 0 saturated carbocycles. The van der Waals surface area contributed by atoms with Crippen LogP contribution >= 0.6 is 0 Å². The smallest absolute Gasteiger partial charge is 0.220 e. The summed E-state index contributed by atoms with van der Waals surface area (Å²) in [5, 5.41) is 22.7. The van der Waals surface area contributed by atoms with E-state index < -0.39 is 0 Å². The average Bonchev–Trinajstić information content (AvgIpc) is 2.46. The number of amides is 1. The molecule has 3 aliphatic rings. The molecule has 3 heterocycles. The molecule has 0 aromatic carbocycles. The number of aliphatic hydroxyl groups is 2. The summed E-state index contributed by atoms with van der Waals surface area (Å²) in [4.78, 5) is 14.0. The van der Waals surface area contributed by atoms with Crippen molar-refractivity contribution in [3.63, 3.8) is 0 Å². The Hall–Kier alpha value is -0.650. The van der Waals surface area contributed by atoms with E-state index in [2.05, 4.69) is 10.2 Å². The highest BCUT2D eigenvalue weighted by molar-refractivity contribution is 5.76. The third-order valence-corrected chi connectivity index (χ3v) is 5.42. The SMILES string of the molecule is O=C1CCC[C@H]([C@@H]2C[C@@H](CO)[C@@H]3C[C@H](O)CCN3C2)N1. The topological polar surface area (TPSA) is 72.8 Å². The Morgan fingerprint density at radius 1 is 1.30 bits per heavy atom. The Balaban J connectivity index is 1.68. The largest absolute Gasteiger partial charge is 0.396 e. The fourth-order valence-corrected chi connectivity index (χ4v) is 4.34. The van der Waals surface area contributed by atoms with Crippen LogP contribution in [0.25, 0.3) is 0 Å². The van der Waals surface area contributed by atoms with Crippen LogP contribution in [0.15, 0.2) is 0 Å². The molecule has 0 unspecified atom stereocenters. The fourth-order valence-electron chi connectivity index (χ4n) is 4.34. The number of aliphatic hydroxyl groups excluding tert-OH is 2. The van der Waals surface area contributed by atoms with E-state index in [0.717, 1.165) is 45.2 Å². The molecule has 0 bridgehead atoms. The number of fused-ring (bicyclic) bond motifs is 1. The van der Waals surface area contributed by atoms with E-state index in [-0.39, 0.29) is 30.6 Å². The zero-order valence-corrected chi connectivity index (χ0v) is 12.0. The van der Waals surface area contributed by atoms with Gasteiger partial charge in [0.2, 0.25) is 5.91 Å². The Labute approximate surface area is 120 Å². The van der Waals surface area contributed by atoms with Crippen LogP contribution in [-0.2, 0) is 4.79 Å². The standard InChI is InChI=1S/C15H26N2O3/c18-9-11-6-10(13-2-1-3-15(20)16-13)8-17-5-4-12(19)7-14(11)17/h10-14,18-19H,1-9H2,(H,16,20)/t10-,11+,12-,13-,14+/m1/s1. The second-order valence-corrected chi connectivity index (χ2v) is 6.75. The molecule has 0 radical (unpaired) electrons. The van der Waals surface area contributed by atoms with Crippen LogP contribution in [-0.4, -0.2) is 58.9 Å². The number of hydrogen-bond acceptors (Lipinski definition) is 4. The van der Waals surface area contributed by atoms with Gasteiger partial charge in [0, 0.05) is 38.2 Å². The number of nitrogens with one attached hydrogen (secondary N) is 1. The Morgan fingerprint density at radius 3 is 2.90 bits per heavy atom. The van der Waals surface area contributed by atoms with Gasteiger partial charge in [-0.3, -0.25) is 9.69 Å². The van der Waals surface area contributed by atoms with Gasteiger partial charge in [-0.1, -0.05) is 0 Å². The van der Waals surface area contributed by atoms with E-state index in [0.29, 0.717) is 18.4 Å². The van der Waals surface area contributed by atoms with Crippen LogP contribution < -0.4 is 5.32 Å². The minimum Gasteiger partial charge on any atom is -0.396 e. The van der Waals surface area contributed by atoms with Crippen molar-refractivity contribution in [2.24, 2.45) is 11.8 Å². The molecule has 114 valence electrons. The van der Waals surface area contributed by atoms with Crippen molar-refractivity contribution in [3.05, 3.63) is 0 Å². The molecule has 5 heteroatoms. The van der Waals surface area contributed by atoms with Crippen LogP contribution in [0, 0.1) is 11.8 Å². The lowest BCUT2D eigenvalue weighted by atomic mass is 9.75. The first-order valence-electron chi connectivity index (χ1n) is 7.99. The summed E-state index contributed by atoms with van der Waals surface area (Å²) < 4.78 is 0. The van der Waals surface area contributed by atoms with E-state index in [9.17, 15) is 15.0 Å². The van der Waals surface area contributed by atoms with Crippen LogP contribution in [0.5, 0.6) is 0 Å². The van der Waals surface area contributed by atoms with E-state index in [1.165, 1.54) is 0 Å². The Morgan fingerprint density at radius 2 is 2.15 bits per heavy atom. The van der Waals surface area contributed by atoms with E-state index in [4.69, 9.17) is 0 Å². The van der Waals surface area contributed by atoms with Crippen molar-refractivity contribution >= 4 is 5.91 Å². The number of carbonyl (C=O) groups is 1. The molecule has 0 aromatic rings. The molecule has 0 spiro atoms. The molecule has 3 fully saturated rings. The first kappa shape index (κ1) is 14.3. The second-order valence-electron chi connectivity index (χ2n) is 6.75. The van der Waals surface area contributed by atoms with Gasteiger partial charge in [-0.05, 0) is 43.9 Å². The second kappa shape index (κ2) is 6.00. The van der Waals surface area contributed by atoms with Gasteiger partial charge in [-0.2, -0.15) is 0 Å². The maximum atomic E-state index is 11.6. The first-order chi connectivity index (χ1) is 9.67. The molecule has 1 amide bonds. The van der Waals surface area contributed by atoms with Crippen LogP contribution in [0.3, 0.4) is 0 Å². The van der Waals surface area contributed by atoms with Gasteiger partial charge in [0.15, 0.2) is 0 Å². The number of nitrogens with zero attached hydrogens (tertiary/aromatic N) is 1. The first-order valence-corrected chi connectivity index (χ1v) is 7.99. The lowest BCUT2D eigenvalue weighted by molar-refractivity contribution is -0.124. The van der Waals surface area contributed by atoms with Gasteiger partial charge in [0.1, 0.15) is 0 Å². The fraction of sp³-hybridized carbons (Fsp3) is 0.933. The third-order valence-electron chi connectivity index (χ3n) is 5.42. The highest BCUT2D eigenvalue weighted by Crippen LogP contribution is 2.36. The molecule has 3 saturated heterocycles. The monoisotopic (exact) mass is 282 g/mol. The molecule has 0 aromatic heterocycles. The number of carbonyl (C=O) groups excluding carboxylic acids is 1. The summed E-state index contributed by atoms with van der Waals surface area (Å²) in [6.45, 7) is 2.10. The number of hydrogen-bond donors (Lipinski definition) is 3. The quantitative estimate of drug-likeness (QED) is 0.672. The lowest BCUT2D eigenvalue weighted by Gasteiger charge is -2.50. The summed E-state index contributed by atoms with van der Waals surface area (Å²) in [6.07, 6.45) is 5.08. The van der Waals surface area contributed by atoms with Gasteiger partial charge < -0.3 is 15.5 Å². The predicted molar refractivity (Wildman–Crippen MR) is 75.1 cm³/mol. The summed E-state index contributed by atoms with van der Waals surface area (Å²) in [7, 11) is 0. The van der Waals surface area contributed by atoms with Gasteiger partial charge in [0.05, 0.1) is 6.10 Å². The molecule has 3 N–H and O–H groups in total. The molecule has 5 atom stereocenters. The van der Waals surface area contributed by atoms with E-state index in [1.54, 1.807) is 0 Å². The van der Waals surface area contributed by atoms with E-state index in [1.807, 2.05) is 0 Å². The van der Waals surface area contributed by atoms with Crippen molar-refractivity contribution < 1.29 is 15.0 Å². The van der Waals surface area contributed by atoms with E-state index >= 15 is 0 Å². The highest BCUT2D eigenvalue weighted by atomic mass is 16.3. The maximum Gasteiger partial charge on any atom is 0.220 e. The molecule has 0 aliphatic carbocycles. The van der Waals surface area contributed by atoms with Crippen LogP contribution in [0.2, 0.25) is 0 Å². The summed E-state index contributed by atoms with van der Waals surface area (Å²) in [6, 6.07) is 0.595. The Bertz CT molecular complexity index is 355. The third kappa shape index (κ3) is 2.85. The Kier molecular flexibility index (Phi) is 4.29. The van der Waals surface area contributed by atoms with Gasteiger partial charge in [-0.15, -0.1) is 0 Å². The zero-order valence-electron chi connectivity index (χ0n) is 12.0. The molecule has 20 heavy (non-hydrogen) atoms. The number of rotatable bonds is 2. The molecule has 3 aliphatic heterocycles. The minimum atomic E-state index is -0.212. The maximum absolute atomic E-state index is 11.6. The van der Waals surface area contributed by atoms with Crippen molar-refractivity contribution in [1.29, 1.82) is 0 Å². The molecule has 3 rings (SSSR count). The number of piperidine rings is 3. The summed E-state index contributed by atoms with van der Waals surface area (Å²) in [5.41, 5.74) is 0. The van der Waals surface area contributed by atoms with Crippen LogP contribution in [0.1, 0.15) is 38.5 Å². The zero-order chi connectivity index (χ0) is 14.1. The molecular formula is C15H26N2O3. The molecular weight excluding hydrogens is 256 g/mol. The van der Waals surface area contributed by atoms with Gasteiger partial charge >= 0.3 is 0 Å².